The van der Waals surface area contributed by atoms with Gasteiger partial charge in [0.05, 0.1) is 10.7 Å². The summed E-state index contributed by atoms with van der Waals surface area (Å²) in [5, 5.41) is 4.67. The lowest BCUT2D eigenvalue weighted by molar-refractivity contribution is 0.884. The van der Waals surface area contributed by atoms with Crippen LogP contribution in [0.2, 0.25) is 10.0 Å². The molecule has 20 heavy (non-hydrogen) atoms. The number of anilines is 2. The Morgan fingerprint density at radius 3 is 2.20 bits per heavy atom. The van der Waals surface area contributed by atoms with Crippen molar-refractivity contribution in [1.29, 1.82) is 0 Å². The number of benzene rings is 2. The molecule has 2 aromatic rings. The normalized spacial score (nSPS) is 12.1. The summed E-state index contributed by atoms with van der Waals surface area (Å²) in [4.78, 5) is 2.08. The lowest BCUT2D eigenvalue weighted by Gasteiger charge is -2.18. The van der Waals surface area contributed by atoms with Crippen molar-refractivity contribution in [2.45, 2.75) is 13.0 Å². The van der Waals surface area contributed by atoms with Crippen LogP contribution in [0.4, 0.5) is 11.4 Å². The number of halogens is 2. The summed E-state index contributed by atoms with van der Waals surface area (Å²) in [6.07, 6.45) is 0. The number of hydrogen-bond donors (Lipinski definition) is 1. The van der Waals surface area contributed by atoms with Gasteiger partial charge in [0.1, 0.15) is 0 Å². The topological polar surface area (TPSA) is 15.3 Å². The van der Waals surface area contributed by atoms with Crippen molar-refractivity contribution in [2.24, 2.45) is 0 Å². The lowest BCUT2D eigenvalue weighted by atomic mass is 10.1. The summed E-state index contributed by atoms with van der Waals surface area (Å²) in [5.41, 5.74) is 3.28. The highest BCUT2D eigenvalue weighted by Crippen LogP contribution is 2.29. The molecule has 0 heterocycles. The third-order valence-corrected chi connectivity index (χ3v) is 3.76. The van der Waals surface area contributed by atoms with E-state index in [0.717, 1.165) is 5.69 Å². The average Bonchev–Trinajstić information content (AvgIpc) is 2.42. The SMILES string of the molecule is CC(Nc1ccc(Cl)cc1Cl)c1ccc(N(C)C)cc1. The van der Waals surface area contributed by atoms with E-state index in [-0.39, 0.29) is 6.04 Å². The summed E-state index contributed by atoms with van der Waals surface area (Å²) in [6, 6.07) is 14.1. The molecule has 0 saturated heterocycles. The van der Waals surface area contributed by atoms with Crippen molar-refractivity contribution in [2.75, 3.05) is 24.3 Å². The van der Waals surface area contributed by atoms with E-state index in [1.54, 1.807) is 6.07 Å². The molecule has 0 aliphatic heterocycles. The minimum absolute atomic E-state index is 0.171. The zero-order chi connectivity index (χ0) is 14.7. The predicted molar refractivity (Wildman–Crippen MR) is 89.3 cm³/mol. The molecule has 0 radical (unpaired) electrons. The van der Waals surface area contributed by atoms with Crippen LogP contribution in [0.1, 0.15) is 18.5 Å². The maximum absolute atomic E-state index is 6.17. The van der Waals surface area contributed by atoms with Crippen molar-refractivity contribution in [3.05, 3.63) is 58.1 Å². The molecule has 0 spiro atoms. The monoisotopic (exact) mass is 308 g/mol. The minimum Gasteiger partial charge on any atom is -0.378 e. The van der Waals surface area contributed by atoms with Crippen LogP contribution >= 0.6 is 23.2 Å². The van der Waals surface area contributed by atoms with E-state index >= 15 is 0 Å². The highest BCUT2D eigenvalue weighted by Gasteiger charge is 2.08. The Balaban J connectivity index is 2.13. The zero-order valence-corrected chi connectivity index (χ0v) is 13.3. The average molecular weight is 309 g/mol. The molecule has 0 fully saturated rings. The fourth-order valence-electron chi connectivity index (χ4n) is 1.98. The van der Waals surface area contributed by atoms with Crippen LogP contribution in [0.5, 0.6) is 0 Å². The second-order valence-corrected chi connectivity index (χ2v) is 5.82. The maximum Gasteiger partial charge on any atom is 0.0652 e. The molecule has 2 rings (SSSR count). The molecular formula is C16H18Cl2N2. The van der Waals surface area contributed by atoms with Crippen molar-refractivity contribution in [3.63, 3.8) is 0 Å². The molecule has 4 heteroatoms. The van der Waals surface area contributed by atoms with Gasteiger partial charge in [0.15, 0.2) is 0 Å². The van der Waals surface area contributed by atoms with Crippen molar-refractivity contribution in [3.8, 4) is 0 Å². The Hall–Kier alpha value is -1.38. The van der Waals surface area contributed by atoms with Gasteiger partial charge in [-0.1, -0.05) is 35.3 Å². The maximum atomic E-state index is 6.17. The second-order valence-electron chi connectivity index (χ2n) is 4.98. The first-order valence-corrected chi connectivity index (χ1v) is 7.22. The molecule has 2 nitrogen and oxygen atoms in total. The fourth-order valence-corrected chi connectivity index (χ4v) is 2.45. The molecule has 0 aliphatic rings. The van der Waals surface area contributed by atoms with E-state index < -0.39 is 0 Å². The number of rotatable bonds is 4. The molecule has 1 atom stereocenters. The third kappa shape index (κ3) is 3.59. The van der Waals surface area contributed by atoms with Crippen molar-refractivity contribution < 1.29 is 0 Å². The van der Waals surface area contributed by atoms with Gasteiger partial charge in [-0.3, -0.25) is 0 Å². The molecule has 0 aromatic heterocycles. The van der Waals surface area contributed by atoms with E-state index in [2.05, 4.69) is 41.4 Å². The molecule has 1 N–H and O–H groups in total. The Kier molecular flexibility index (Phi) is 4.79. The quantitative estimate of drug-likeness (QED) is 0.831. The van der Waals surface area contributed by atoms with Gasteiger partial charge in [0.2, 0.25) is 0 Å². The summed E-state index contributed by atoms with van der Waals surface area (Å²) < 4.78 is 0. The molecule has 106 valence electrons. The number of nitrogens with one attached hydrogen (secondary N) is 1. The summed E-state index contributed by atoms with van der Waals surface area (Å²) in [7, 11) is 4.06. The summed E-state index contributed by atoms with van der Waals surface area (Å²) >= 11 is 12.1. The largest absolute Gasteiger partial charge is 0.378 e. The van der Waals surface area contributed by atoms with Gasteiger partial charge in [-0.15, -0.1) is 0 Å². The van der Waals surface area contributed by atoms with Gasteiger partial charge in [0, 0.05) is 30.8 Å². The lowest BCUT2D eigenvalue weighted by Crippen LogP contribution is -2.10. The first-order valence-electron chi connectivity index (χ1n) is 6.46. The minimum atomic E-state index is 0.171. The highest BCUT2D eigenvalue weighted by molar-refractivity contribution is 6.36. The summed E-state index contributed by atoms with van der Waals surface area (Å²) in [6.45, 7) is 2.11. The molecule has 1 unspecified atom stereocenters. The Morgan fingerprint density at radius 1 is 1.00 bits per heavy atom. The van der Waals surface area contributed by atoms with Crippen LogP contribution in [0.3, 0.4) is 0 Å². The van der Waals surface area contributed by atoms with E-state index in [4.69, 9.17) is 23.2 Å². The number of hydrogen-bond acceptors (Lipinski definition) is 2. The van der Waals surface area contributed by atoms with Crippen LogP contribution < -0.4 is 10.2 Å². The first-order chi connectivity index (χ1) is 9.47. The molecule has 0 aliphatic carbocycles. The van der Waals surface area contributed by atoms with E-state index in [1.807, 2.05) is 26.2 Å². The molecule has 0 bridgehead atoms. The number of nitrogens with zero attached hydrogens (tertiary/aromatic N) is 1. The van der Waals surface area contributed by atoms with Gasteiger partial charge in [-0.25, -0.2) is 0 Å². The van der Waals surface area contributed by atoms with Gasteiger partial charge in [-0.05, 0) is 42.8 Å². The van der Waals surface area contributed by atoms with Crippen LogP contribution in [-0.4, -0.2) is 14.1 Å². The van der Waals surface area contributed by atoms with Crippen LogP contribution in [0.25, 0.3) is 0 Å². The Morgan fingerprint density at radius 2 is 1.65 bits per heavy atom. The van der Waals surface area contributed by atoms with E-state index in [1.165, 1.54) is 11.3 Å². The van der Waals surface area contributed by atoms with Gasteiger partial charge in [-0.2, -0.15) is 0 Å². The fraction of sp³-hybridized carbons (Fsp3) is 0.250. The van der Waals surface area contributed by atoms with Crippen molar-refractivity contribution in [1.82, 2.24) is 0 Å². The summed E-state index contributed by atoms with van der Waals surface area (Å²) in [5.74, 6) is 0. The highest BCUT2D eigenvalue weighted by atomic mass is 35.5. The predicted octanol–water partition coefficient (Wildman–Crippen LogP) is 5.23. The van der Waals surface area contributed by atoms with E-state index in [9.17, 15) is 0 Å². The molecular weight excluding hydrogens is 291 g/mol. The van der Waals surface area contributed by atoms with Crippen molar-refractivity contribution >= 4 is 34.6 Å². The van der Waals surface area contributed by atoms with E-state index in [0.29, 0.717) is 10.0 Å². The Bertz CT molecular complexity index is 580. The van der Waals surface area contributed by atoms with Crippen LogP contribution in [0.15, 0.2) is 42.5 Å². The standard InChI is InChI=1S/C16H18Cl2N2/c1-11(12-4-7-14(8-5-12)20(2)3)19-16-9-6-13(17)10-15(16)18/h4-11,19H,1-3H3. The van der Waals surface area contributed by atoms with Gasteiger partial charge < -0.3 is 10.2 Å². The molecule has 0 saturated carbocycles. The zero-order valence-electron chi connectivity index (χ0n) is 11.8. The van der Waals surface area contributed by atoms with Gasteiger partial charge >= 0.3 is 0 Å². The Labute approximate surface area is 130 Å². The molecule has 2 aromatic carbocycles. The van der Waals surface area contributed by atoms with Gasteiger partial charge in [0.25, 0.3) is 0 Å². The molecule has 0 amide bonds. The smallest absolute Gasteiger partial charge is 0.0652 e. The van der Waals surface area contributed by atoms with Crippen LogP contribution in [0, 0.1) is 0 Å². The third-order valence-electron chi connectivity index (χ3n) is 3.21. The van der Waals surface area contributed by atoms with Crippen LogP contribution in [-0.2, 0) is 0 Å². The second kappa shape index (κ2) is 6.38. The first kappa shape index (κ1) is 15.0.